The minimum atomic E-state index is -0.366. The first kappa shape index (κ1) is 18.2. The molecule has 0 bridgehead atoms. The first-order valence-electron chi connectivity index (χ1n) is 8.87. The van der Waals surface area contributed by atoms with E-state index in [9.17, 15) is 14.0 Å². The van der Waals surface area contributed by atoms with E-state index in [1.165, 1.54) is 19.1 Å². The minimum Gasteiger partial charge on any atom is -0.493 e. The van der Waals surface area contributed by atoms with Crippen LogP contribution in [0, 0.1) is 12.7 Å². The van der Waals surface area contributed by atoms with Crippen LogP contribution >= 0.6 is 0 Å². The van der Waals surface area contributed by atoms with Gasteiger partial charge in [0.15, 0.2) is 5.78 Å². The third-order valence-corrected chi connectivity index (χ3v) is 4.77. The van der Waals surface area contributed by atoms with Crippen LogP contribution in [0.4, 0.5) is 4.39 Å². The maximum Gasteiger partial charge on any atom is 0.268 e. The third-order valence-electron chi connectivity index (χ3n) is 4.77. The van der Waals surface area contributed by atoms with Crippen LogP contribution in [0.1, 0.15) is 70.4 Å². The van der Waals surface area contributed by atoms with Crippen molar-refractivity contribution in [3.63, 3.8) is 0 Å². The molecule has 1 aliphatic heterocycles. The Morgan fingerprint density at radius 3 is 2.85 bits per heavy atom. The molecule has 1 aromatic carbocycles. The molecule has 0 radical (unpaired) electrons. The van der Waals surface area contributed by atoms with Gasteiger partial charge in [-0.15, -0.1) is 0 Å². The Bertz CT molecular complexity index is 857. The fourth-order valence-corrected chi connectivity index (χ4v) is 3.63. The van der Waals surface area contributed by atoms with Gasteiger partial charge in [-0.05, 0) is 44.7 Å². The molecule has 3 rings (SSSR count). The Balaban J connectivity index is 1.92. The van der Waals surface area contributed by atoms with Crippen molar-refractivity contribution in [2.75, 3.05) is 6.61 Å². The molecule has 0 fully saturated rings. The van der Waals surface area contributed by atoms with Crippen molar-refractivity contribution in [1.82, 2.24) is 10.3 Å². The highest BCUT2D eigenvalue weighted by molar-refractivity contribution is 6.02. The largest absolute Gasteiger partial charge is 0.493 e. The number of benzene rings is 1. The molecule has 1 aromatic heterocycles. The van der Waals surface area contributed by atoms with Gasteiger partial charge >= 0.3 is 0 Å². The van der Waals surface area contributed by atoms with Gasteiger partial charge in [-0.1, -0.05) is 13.0 Å². The fraction of sp³-hybridized carbons (Fsp3) is 0.400. The molecule has 2 aromatic rings. The maximum atomic E-state index is 13.5. The summed E-state index contributed by atoms with van der Waals surface area (Å²) in [6.45, 7) is 5.71. The quantitative estimate of drug-likeness (QED) is 0.815. The second-order valence-corrected chi connectivity index (χ2v) is 6.59. The van der Waals surface area contributed by atoms with Gasteiger partial charge in [0.1, 0.15) is 17.3 Å². The van der Waals surface area contributed by atoms with Crippen molar-refractivity contribution in [2.45, 2.75) is 46.1 Å². The highest BCUT2D eigenvalue weighted by Gasteiger charge is 2.26. The number of ether oxygens (including phenoxy) is 1. The number of amides is 1. The molecule has 0 spiro atoms. The topological polar surface area (TPSA) is 71.2 Å². The number of nitrogens with one attached hydrogen (secondary N) is 2. The number of carbonyl (C=O) groups excluding carboxylic acids is 2. The van der Waals surface area contributed by atoms with E-state index in [2.05, 4.69) is 10.3 Å². The van der Waals surface area contributed by atoms with Crippen molar-refractivity contribution in [3.05, 3.63) is 52.1 Å². The summed E-state index contributed by atoms with van der Waals surface area (Å²) in [5.41, 5.74) is 3.21. The Morgan fingerprint density at radius 1 is 1.38 bits per heavy atom. The first-order chi connectivity index (χ1) is 12.4. The van der Waals surface area contributed by atoms with E-state index in [-0.39, 0.29) is 23.5 Å². The molecule has 26 heavy (non-hydrogen) atoms. The lowest BCUT2D eigenvalue weighted by molar-refractivity contribution is 0.0929. The lowest BCUT2D eigenvalue weighted by Crippen LogP contribution is -2.29. The standard InChI is InChI=1S/C20H23FN2O3/c1-4-14-18(12(3)24)11(2)22-19(14)20(25)23-16-6-5-9-26-17-10-13(21)7-8-15(16)17/h7-8,10,16,22H,4-6,9H2,1-3H3,(H,23,25). The van der Waals surface area contributed by atoms with Crippen molar-refractivity contribution in [3.8, 4) is 5.75 Å². The average Bonchev–Trinajstić information content (AvgIpc) is 2.82. The summed E-state index contributed by atoms with van der Waals surface area (Å²) in [4.78, 5) is 27.9. The van der Waals surface area contributed by atoms with Gasteiger partial charge in [0, 0.05) is 22.9 Å². The molecule has 138 valence electrons. The van der Waals surface area contributed by atoms with Gasteiger partial charge in [-0.25, -0.2) is 4.39 Å². The predicted molar refractivity (Wildman–Crippen MR) is 96.2 cm³/mol. The number of Topliss-reactive ketones (excluding diaryl/α,β-unsaturated/α-hetero) is 1. The molecular formula is C20H23FN2O3. The maximum absolute atomic E-state index is 13.5. The van der Waals surface area contributed by atoms with Crippen LogP contribution in [0.3, 0.4) is 0 Å². The van der Waals surface area contributed by atoms with E-state index >= 15 is 0 Å². The number of hydrogen-bond acceptors (Lipinski definition) is 3. The molecule has 1 aliphatic rings. The van der Waals surface area contributed by atoms with Gasteiger partial charge in [0.25, 0.3) is 5.91 Å². The van der Waals surface area contributed by atoms with Crippen LogP contribution in [0.15, 0.2) is 18.2 Å². The van der Waals surface area contributed by atoms with Gasteiger partial charge < -0.3 is 15.0 Å². The molecule has 1 unspecified atom stereocenters. The summed E-state index contributed by atoms with van der Waals surface area (Å²) >= 11 is 0. The van der Waals surface area contributed by atoms with Gasteiger partial charge in [-0.3, -0.25) is 9.59 Å². The number of fused-ring (bicyclic) bond motifs is 1. The molecule has 1 amide bonds. The van der Waals surface area contributed by atoms with E-state index in [1.54, 1.807) is 13.0 Å². The highest BCUT2D eigenvalue weighted by Crippen LogP contribution is 2.32. The number of aryl methyl sites for hydroxylation is 1. The molecule has 0 saturated carbocycles. The van der Waals surface area contributed by atoms with E-state index in [0.717, 1.165) is 17.5 Å². The van der Waals surface area contributed by atoms with Crippen LogP contribution in [0.5, 0.6) is 5.75 Å². The van der Waals surface area contributed by atoms with E-state index in [4.69, 9.17) is 4.74 Å². The minimum absolute atomic E-state index is 0.0571. The van der Waals surface area contributed by atoms with Crippen LogP contribution < -0.4 is 10.1 Å². The predicted octanol–water partition coefficient (Wildman–Crippen LogP) is 3.87. The Morgan fingerprint density at radius 2 is 2.15 bits per heavy atom. The van der Waals surface area contributed by atoms with Crippen molar-refractivity contribution < 1.29 is 18.7 Å². The second kappa shape index (κ2) is 7.32. The summed E-state index contributed by atoms with van der Waals surface area (Å²) < 4.78 is 19.1. The van der Waals surface area contributed by atoms with Crippen LogP contribution in [-0.4, -0.2) is 23.3 Å². The summed E-state index contributed by atoms with van der Waals surface area (Å²) in [5, 5.41) is 3.02. The fourth-order valence-electron chi connectivity index (χ4n) is 3.63. The van der Waals surface area contributed by atoms with E-state index in [0.29, 0.717) is 42.1 Å². The molecule has 0 aliphatic carbocycles. The molecule has 2 N–H and O–H groups in total. The summed E-state index contributed by atoms with van der Waals surface area (Å²) in [7, 11) is 0. The lowest BCUT2D eigenvalue weighted by atomic mass is 10.0. The van der Waals surface area contributed by atoms with Crippen molar-refractivity contribution >= 4 is 11.7 Å². The summed E-state index contributed by atoms with van der Waals surface area (Å²) in [6.07, 6.45) is 2.03. The Hall–Kier alpha value is -2.63. The van der Waals surface area contributed by atoms with Crippen LogP contribution in [0.25, 0.3) is 0 Å². The highest BCUT2D eigenvalue weighted by atomic mass is 19.1. The number of hydrogen-bond donors (Lipinski definition) is 2. The molecule has 5 nitrogen and oxygen atoms in total. The van der Waals surface area contributed by atoms with Gasteiger partial charge in [0.2, 0.25) is 0 Å². The second-order valence-electron chi connectivity index (χ2n) is 6.59. The zero-order valence-electron chi connectivity index (χ0n) is 15.2. The number of rotatable bonds is 4. The normalized spacial score (nSPS) is 16.4. The number of aromatic nitrogens is 1. The first-order valence-corrected chi connectivity index (χ1v) is 8.87. The number of halogens is 1. The number of aromatic amines is 1. The molecule has 6 heteroatoms. The molecule has 1 atom stereocenters. The molecular weight excluding hydrogens is 335 g/mol. The smallest absolute Gasteiger partial charge is 0.268 e. The van der Waals surface area contributed by atoms with E-state index < -0.39 is 0 Å². The zero-order valence-corrected chi connectivity index (χ0v) is 15.2. The summed E-state index contributed by atoms with van der Waals surface area (Å²) in [6, 6.07) is 4.11. The lowest BCUT2D eigenvalue weighted by Gasteiger charge is -2.18. The van der Waals surface area contributed by atoms with Crippen molar-refractivity contribution in [1.29, 1.82) is 0 Å². The zero-order chi connectivity index (χ0) is 18.8. The molecule has 0 saturated heterocycles. The van der Waals surface area contributed by atoms with Crippen LogP contribution in [-0.2, 0) is 6.42 Å². The van der Waals surface area contributed by atoms with Gasteiger partial charge in [0.05, 0.1) is 12.6 Å². The number of carbonyl (C=O) groups is 2. The Labute approximate surface area is 151 Å². The third kappa shape index (κ3) is 3.36. The SMILES string of the molecule is CCc1c(C(=O)NC2CCCOc3cc(F)ccc32)[nH]c(C)c1C(C)=O. The Kier molecular flexibility index (Phi) is 5.11. The van der Waals surface area contributed by atoms with Crippen molar-refractivity contribution in [2.24, 2.45) is 0 Å². The van der Waals surface area contributed by atoms with Crippen LogP contribution in [0.2, 0.25) is 0 Å². The number of H-pyrrole nitrogens is 1. The van der Waals surface area contributed by atoms with Gasteiger partial charge in [-0.2, -0.15) is 0 Å². The van der Waals surface area contributed by atoms with E-state index in [1.807, 2.05) is 6.92 Å². The number of ketones is 1. The molecule has 2 heterocycles. The average molecular weight is 358 g/mol. The monoisotopic (exact) mass is 358 g/mol. The summed E-state index contributed by atoms with van der Waals surface area (Å²) in [5.74, 6) is -0.219.